The number of aliphatic carboxylic acids is 1. The number of benzene rings is 1. The monoisotopic (exact) mass is 349 g/mol. The van der Waals surface area contributed by atoms with Gasteiger partial charge in [0.05, 0.1) is 18.4 Å². The molecule has 6 nitrogen and oxygen atoms in total. The van der Waals surface area contributed by atoms with E-state index in [1.807, 2.05) is 0 Å². The van der Waals surface area contributed by atoms with Gasteiger partial charge < -0.3 is 19.5 Å². The normalized spacial score (nSPS) is 27.2. The van der Waals surface area contributed by atoms with Crippen LogP contribution < -0.4 is 4.74 Å². The van der Waals surface area contributed by atoms with E-state index in [0.29, 0.717) is 50.1 Å². The Morgan fingerprint density at radius 3 is 2.56 bits per heavy atom. The zero-order chi connectivity index (χ0) is 17.6. The van der Waals surface area contributed by atoms with Crippen LogP contribution in [0, 0.1) is 17.7 Å². The first kappa shape index (κ1) is 16.3. The summed E-state index contributed by atoms with van der Waals surface area (Å²) in [5.74, 6) is -2.40. The summed E-state index contributed by atoms with van der Waals surface area (Å²) in [5.41, 5.74) is 0.683. The number of amides is 1. The molecule has 2 atom stereocenters. The van der Waals surface area contributed by atoms with Crippen molar-refractivity contribution in [3.8, 4) is 5.75 Å². The quantitative estimate of drug-likeness (QED) is 0.885. The second-order valence-electron chi connectivity index (χ2n) is 7.01. The number of carboxylic acid groups (broad SMARTS) is 1. The van der Waals surface area contributed by atoms with Gasteiger partial charge in [-0.1, -0.05) is 0 Å². The zero-order valence-electron chi connectivity index (χ0n) is 13.7. The molecule has 1 amide bonds. The number of nitrogens with zero attached hydrogens (tertiary/aromatic N) is 1. The van der Waals surface area contributed by atoms with Crippen molar-refractivity contribution in [2.75, 3.05) is 13.1 Å². The number of likely N-dealkylation sites (tertiary alicyclic amines) is 1. The molecule has 1 aromatic rings. The van der Waals surface area contributed by atoms with E-state index in [9.17, 15) is 14.0 Å². The van der Waals surface area contributed by atoms with Gasteiger partial charge >= 0.3 is 5.97 Å². The van der Waals surface area contributed by atoms with E-state index in [-0.39, 0.29) is 18.3 Å². The Bertz CT molecular complexity index is 713. The van der Waals surface area contributed by atoms with E-state index in [1.54, 1.807) is 11.0 Å². The maximum Gasteiger partial charge on any atom is 0.307 e. The van der Waals surface area contributed by atoms with Crippen molar-refractivity contribution in [3.05, 3.63) is 29.6 Å². The Morgan fingerprint density at radius 1 is 1.20 bits per heavy atom. The summed E-state index contributed by atoms with van der Waals surface area (Å²) < 4.78 is 25.1. The highest BCUT2D eigenvalue weighted by atomic mass is 19.1. The van der Waals surface area contributed by atoms with Crippen LogP contribution >= 0.6 is 0 Å². The van der Waals surface area contributed by atoms with E-state index < -0.39 is 23.6 Å². The lowest BCUT2D eigenvalue weighted by Gasteiger charge is -2.45. The van der Waals surface area contributed by atoms with Crippen molar-refractivity contribution in [2.24, 2.45) is 11.8 Å². The molecule has 4 rings (SSSR count). The SMILES string of the molecule is O=C(O)C1CCC1C(=O)N1CCC2(CC1)OCc1cc(F)ccc1O2. The van der Waals surface area contributed by atoms with Crippen LogP contribution in [-0.4, -0.2) is 40.8 Å². The molecule has 134 valence electrons. The first-order chi connectivity index (χ1) is 12.0. The maximum atomic E-state index is 13.3. The van der Waals surface area contributed by atoms with Gasteiger partial charge in [-0.2, -0.15) is 0 Å². The summed E-state index contributed by atoms with van der Waals surface area (Å²) in [7, 11) is 0. The molecular formula is C18H20FNO5. The molecule has 0 bridgehead atoms. The van der Waals surface area contributed by atoms with Crippen molar-refractivity contribution in [2.45, 2.75) is 38.1 Å². The molecule has 2 aliphatic heterocycles. The number of ether oxygens (including phenoxy) is 2. The lowest BCUT2D eigenvalue weighted by Crippen LogP contribution is -2.55. The van der Waals surface area contributed by atoms with Gasteiger partial charge in [0.25, 0.3) is 0 Å². The van der Waals surface area contributed by atoms with Gasteiger partial charge in [0.1, 0.15) is 11.6 Å². The summed E-state index contributed by atoms with van der Waals surface area (Å²) in [6.45, 7) is 1.22. The molecule has 2 unspecified atom stereocenters. The maximum absolute atomic E-state index is 13.3. The van der Waals surface area contributed by atoms with Gasteiger partial charge in [-0.15, -0.1) is 0 Å². The van der Waals surface area contributed by atoms with E-state index >= 15 is 0 Å². The van der Waals surface area contributed by atoms with Crippen molar-refractivity contribution in [3.63, 3.8) is 0 Å². The third kappa shape index (κ3) is 2.86. The van der Waals surface area contributed by atoms with Gasteiger partial charge in [-0.3, -0.25) is 9.59 Å². The van der Waals surface area contributed by atoms with Gasteiger partial charge in [-0.05, 0) is 31.0 Å². The van der Waals surface area contributed by atoms with Gasteiger partial charge in [-0.25, -0.2) is 4.39 Å². The molecule has 2 heterocycles. The Morgan fingerprint density at radius 2 is 1.92 bits per heavy atom. The average molecular weight is 349 g/mol. The number of hydrogen-bond donors (Lipinski definition) is 1. The number of carboxylic acids is 1. The molecule has 1 N–H and O–H groups in total. The number of fused-ring (bicyclic) bond motifs is 1. The molecule has 0 radical (unpaired) electrons. The summed E-state index contributed by atoms with van der Waals surface area (Å²) in [5, 5.41) is 9.12. The first-order valence-corrected chi connectivity index (χ1v) is 8.60. The third-order valence-corrected chi connectivity index (χ3v) is 5.55. The number of halogens is 1. The standard InChI is InChI=1S/C18H20FNO5/c19-12-1-4-15-11(9-12)10-24-18(25-15)5-7-20(8-6-18)16(21)13-2-3-14(13)17(22)23/h1,4,9,13-14H,2-3,5-8,10H2,(H,22,23). The summed E-state index contributed by atoms with van der Waals surface area (Å²) in [6.07, 6.45) is 2.24. The number of carbonyl (C=O) groups excluding carboxylic acids is 1. The second-order valence-corrected chi connectivity index (χ2v) is 7.01. The highest BCUT2D eigenvalue weighted by Gasteiger charge is 2.46. The minimum absolute atomic E-state index is 0.0771. The summed E-state index contributed by atoms with van der Waals surface area (Å²) in [6, 6.07) is 4.38. The van der Waals surface area contributed by atoms with E-state index in [0.717, 1.165) is 0 Å². The second kappa shape index (κ2) is 5.98. The largest absolute Gasteiger partial charge is 0.481 e. The average Bonchev–Trinajstić information content (AvgIpc) is 2.54. The fourth-order valence-electron chi connectivity index (χ4n) is 3.84. The molecule has 3 aliphatic rings. The number of rotatable bonds is 2. The third-order valence-electron chi connectivity index (χ3n) is 5.55. The predicted molar refractivity (Wildman–Crippen MR) is 84.2 cm³/mol. The molecular weight excluding hydrogens is 329 g/mol. The molecule has 1 saturated carbocycles. The molecule has 1 saturated heterocycles. The van der Waals surface area contributed by atoms with Gasteiger partial charge in [0, 0.05) is 31.5 Å². The van der Waals surface area contributed by atoms with Crippen molar-refractivity contribution >= 4 is 11.9 Å². The molecule has 25 heavy (non-hydrogen) atoms. The lowest BCUT2D eigenvalue weighted by molar-refractivity contribution is -0.228. The highest BCUT2D eigenvalue weighted by molar-refractivity contribution is 5.86. The van der Waals surface area contributed by atoms with Crippen LogP contribution in [0.1, 0.15) is 31.2 Å². The number of carbonyl (C=O) groups is 2. The molecule has 1 spiro atoms. The van der Waals surface area contributed by atoms with Gasteiger partial charge in [0.15, 0.2) is 0 Å². The Labute approximate surface area is 144 Å². The smallest absolute Gasteiger partial charge is 0.307 e. The van der Waals surface area contributed by atoms with E-state index in [1.165, 1.54) is 12.1 Å². The Kier molecular flexibility index (Phi) is 3.91. The van der Waals surface area contributed by atoms with Crippen molar-refractivity contribution < 1.29 is 28.6 Å². The first-order valence-electron chi connectivity index (χ1n) is 8.60. The number of hydrogen-bond acceptors (Lipinski definition) is 4. The minimum atomic E-state index is -0.888. The van der Waals surface area contributed by atoms with Crippen LogP contribution in [0.5, 0.6) is 5.75 Å². The fraction of sp³-hybridized carbons (Fsp3) is 0.556. The van der Waals surface area contributed by atoms with Crippen LogP contribution in [0.15, 0.2) is 18.2 Å². The molecule has 1 aliphatic carbocycles. The van der Waals surface area contributed by atoms with E-state index in [4.69, 9.17) is 14.6 Å². The van der Waals surface area contributed by atoms with Crippen LogP contribution in [0.25, 0.3) is 0 Å². The highest BCUT2D eigenvalue weighted by Crippen LogP contribution is 2.40. The molecule has 1 aromatic carbocycles. The zero-order valence-corrected chi connectivity index (χ0v) is 13.7. The van der Waals surface area contributed by atoms with Crippen LogP contribution in [0.3, 0.4) is 0 Å². The lowest BCUT2D eigenvalue weighted by atomic mass is 9.72. The van der Waals surface area contributed by atoms with Crippen LogP contribution in [0.4, 0.5) is 4.39 Å². The Hall–Kier alpha value is -2.15. The summed E-state index contributed by atoms with van der Waals surface area (Å²) >= 11 is 0. The van der Waals surface area contributed by atoms with Crippen LogP contribution in [0.2, 0.25) is 0 Å². The Balaban J connectivity index is 1.39. The summed E-state index contributed by atoms with van der Waals surface area (Å²) in [4.78, 5) is 25.4. The fourth-order valence-corrected chi connectivity index (χ4v) is 3.84. The molecule has 0 aromatic heterocycles. The number of piperidine rings is 1. The predicted octanol–water partition coefficient (Wildman–Crippen LogP) is 2.16. The van der Waals surface area contributed by atoms with Crippen LogP contribution in [-0.2, 0) is 20.9 Å². The minimum Gasteiger partial charge on any atom is -0.481 e. The molecule has 2 fully saturated rings. The van der Waals surface area contributed by atoms with Crippen molar-refractivity contribution in [1.29, 1.82) is 0 Å². The van der Waals surface area contributed by atoms with Crippen molar-refractivity contribution in [1.82, 2.24) is 4.90 Å². The van der Waals surface area contributed by atoms with E-state index in [2.05, 4.69) is 0 Å². The molecule has 7 heteroatoms. The topological polar surface area (TPSA) is 76.1 Å². The van der Waals surface area contributed by atoms with Gasteiger partial charge in [0.2, 0.25) is 11.7 Å².